The van der Waals surface area contributed by atoms with E-state index >= 15 is 0 Å². The molecule has 136 valence electrons. The fraction of sp³-hybridized carbons (Fsp3) is 0.556. The van der Waals surface area contributed by atoms with Crippen LogP contribution >= 0.6 is 0 Å². The van der Waals surface area contributed by atoms with E-state index in [1.54, 1.807) is 4.90 Å². The largest absolute Gasteiger partial charge is 0.442 e. The summed E-state index contributed by atoms with van der Waals surface area (Å²) in [6.07, 6.45) is -0.691. The molecule has 0 radical (unpaired) electrons. The van der Waals surface area contributed by atoms with E-state index in [2.05, 4.69) is 24.1 Å². The SMILES string of the molecule is CC(=O)NC[C@H]1CN(c2cc(C)c(N3CCOCC3)c(C)c2)C(=O)O1. The van der Waals surface area contributed by atoms with Crippen molar-refractivity contribution in [3.8, 4) is 0 Å². The van der Waals surface area contributed by atoms with Crippen LogP contribution in [0.3, 0.4) is 0 Å². The molecule has 2 heterocycles. The van der Waals surface area contributed by atoms with Gasteiger partial charge in [0.25, 0.3) is 0 Å². The fourth-order valence-electron chi connectivity index (χ4n) is 3.47. The van der Waals surface area contributed by atoms with Crippen molar-refractivity contribution in [2.45, 2.75) is 26.9 Å². The number of ether oxygens (including phenoxy) is 2. The molecule has 0 bridgehead atoms. The molecule has 0 unspecified atom stereocenters. The van der Waals surface area contributed by atoms with Crippen LogP contribution in [0.1, 0.15) is 18.1 Å². The number of amides is 2. The third-order valence-corrected chi connectivity index (χ3v) is 4.57. The van der Waals surface area contributed by atoms with Crippen LogP contribution in [0.5, 0.6) is 0 Å². The van der Waals surface area contributed by atoms with Crippen molar-refractivity contribution in [2.24, 2.45) is 0 Å². The minimum Gasteiger partial charge on any atom is -0.442 e. The second kappa shape index (κ2) is 7.31. The summed E-state index contributed by atoms with van der Waals surface area (Å²) in [5.41, 5.74) is 4.32. The fourth-order valence-corrected chi connectivity index (χ4v) is 3.47. The van der Waals surface area contributed by atoms with Crippen LogP contribution in [0.4, 0.5) is 16.2 Å². The van der Waals surface area contributed by atoms with E-state index in [4.69, 9.17) is 9.47 Å². The number of carbonyl (C=O) groups is 2. The zero-order chi connectivity index (χ0) is 18.0. The Balaban J connectivity index is 1.76. The van der Waals surface area contributed by atoms with Crippen LogP contribution in [0.2, 0.25) is 0 Å². The average molecular weight is 347 g/mol. The number of nitrogens with zero attached hydrogens (tertiary/aromatic N) is 2. The summed E-state index contributed by atoms with van der Waals surface area (Å²) < 4.78 is 10.8. The second-order valence-electron chi connectivity index (χ2n) is 6.58. The molecule has 2 aliphatic rings. The average Bonchev–Trinajstić information content (AvgIpc) is 2.94. The lowest BCUT2D eigenvalue weighted by molar-refractivity contribution is -0.119. The maximum absolute atomic E-state index is 12.2. The second-order valence-corrected chi connectivity index (χ2v) is 6.58. The number of cyclic esters (lactones) is 1. The molecule has 0 aromatic heterocycles. The lowest BCUT2D eigenvalue weighted by Crippen LogP contribution is -2.37. The summed E-state index contributed by atoms with van der Waals surface area (Å²) in [7, 11) is 0. The molecular formula is C18H25N3O4. The Kier molecular flexibility index (Phi) is 5.13. The molecule has 2 amide bonds. The monoisotopic (exact) mass is 347 g/mol. The highest BCUT2D eigenvalue weighted by Gasteiger charge is 2.33. The molecule has 2 saturated heterocycles. The van der Waals surface area contributed by atoms with Gasteiger partial charge in [-0.1, -0.05) is 0 Å². The number of carbonyl (C=O) groups excluding carboxylic acids is 2. The number of benzene rings is 1. The van der Waals surface area contributed by atoms with Crippen molar-refractivity contribution in [2.75, 3.05) is 49.2 Å². The van der Waals surface area contributed by atoms with Crippen LogP contribution in [-0.2, 0) is 14.3 Å². The Morgan fingerprint density at radius 3 is 2.48 bits per heavy atom. The number of morpholine rings is 1. The number of nitrogens with one attached hydrogen (secondary N) is 1. The molecule has 1 atom stereocenters. The summed E-state index contributed by atoms with van der Waals surface area (Å²) in [5, 5.41) is 2.69. The normalized spacial score (nSPS) is 20.6. The molecule has 7 heteroatoms. The van der Waals surface area contributed by atoms with Gasteiger partial charge >= 0.3 is 6.09 Å². The molecule has 25 heavy (non-hydrogen) atoms. The van der Waals surface area contributed by atoms with E-state index < -0.39 is 0 Å². The van der Waals surface area contributed by atoms with E-state index in [1.807, 2.05) is 12.1 Å². The maximum atomic E-state index is 12.2. The molecule has 2 aliphatic heterocycles. The molecule has 0 spiro atoms. The maximum Gasteiger partial charge on any atom is 0.414 e. The first kappa shape index (κ1) is 17.5. The van der Waals surface area contributed by atoms with Crippen LogP contribution in [0.15, 0.2) is 12.1 Å². The van der Waals surface area contributed by atoms with Crippen molar-refractivity contribution in [1.29, 1.82) is 0 Å². The Hall–Kier alpha value is -2.28. The first-order chi connectivity index (χ1) is 12.0. The molecule has 1 N–H and O–H groups in total. The number of anilines is 2. The molecule has 3 rings (SSSR count). The Morgan fingerprint density at radius 2 is 1.88 bits per heavy atom. The van der Waals surface area contributed by atoms with Gasteiger partial charge < -0.3 is 19.7 Å². The third kappa shape index (κ3) is 3.87. The van der Waals surface area contributed by atoms with Crippen molar-refractivity contribution < 1.29 is 19.1 Å². The zero-order valence-electron chi connectivity index (χ0n) is 15.0. The van der Waals surface area contributed by atoms with Gasteiger partial charge in [0.2, 0.25) is 5.91 Å². The zero-order valence-corrected chi connectivity index (χ0v) is 15.0. The summed E-state index contributed by atoms with van der Waals surface area (Å²) in [4.78, 5) is 27.2. The quantitative estimate of drug-likeness (QED) is 0.896. The van der Waals surface area contributed by atoms with Crippen molar-refractivity contribution in [3.63, 3.8) is 0 Å². The van der Waals surface area contributed by atoms with Gasteiger partial charge in [0, 0.05) is 31.4 Å². The lowest BCUT2D eigenvalue weighted by atomic mass is 10.1. The first-order valence-corrected chi connectivity index (χ1v) is 8.62. The highest BCUT2D eigenvalue weighted by molar-refractivity contribution is 5.90. The minimum atomic E-state index is -0.367. The van der Waals surface area contributed by atoms with Crippen LogP contribution < -0.4 is 15.1 Å². The van der Waals surface area contributed by atoms with Gasteiger partial charge in [0.1, 0.15) is 6.10 Å². The van der Waals surface area contributed by atoms with Crippen LogP contribution in [-0.4, -0.2) is 57.5 Å². The highest BCUT2D eigenvalue weighted by atomic mass is 16.6. The Bertz CT molecular complexity index is 647. The smallest absolute Gasteiger partial charge is 0.414 e. The molecular weight excluding hydrogens is 322 g/mol. The van der Waals surface area contributed by atoms with Gasteiger partial charge in [-0.3, -0.25) is 9.69 Å². The number of rotatable bonds is 4. The summed E-state index contributed by atoms with van der Waals surface area (Å²) in [6.45, 7) is 9.60. The molecule has 2 fully saturated rings. The van der Waals surface area contributed by atoms with E-state index in [1.165, 1.54) is 12.6 Å². The van der Waals surface area contributed by atoms with Gasteiger partial charge in [0.15, 0.2) is 0 Å². The summed E-state index contributed by atoms with van der Waals surface area (Å²) in [6, 6.07) is 4.06. The number of hydrogen-bond acceptors (Lipinski definition) is 5. The molecule has 0 saturated carbocycles. The molecule has 1 aromatic rings. The predicted molar refractivity (Wildman–Crippen MR) is 95.2 cm³/mol. The van der Waals surface area contributed by atoms with Crippen molar-refractivity contribution >= 4 is 23.4 Å². The lowest BCUT2D eigenvalue weighted by Gasteiger charge is -2.32. The van der Waals surface area contributed by atoms with Gasteiger partial charge in [-0.15, -0.1) is 0 Å². The minimum absolute atomic E-state index is 0.129. The van der Waals surface area contributed by atoms with Crippen molar-refractivity contribution in [1.82, 2.24) is 5.32 Å². The Labute approximate surface area is 147 Å². The van der Waals surface area contributed by atoms with E-state index in [9.17, 15) is 9.59 Å². The predicted octanol–water partition coefficient (Wildman–Crippen LogP) is 1.60. The standard InChI is InChI=1S/C18H25N3O4/c1-12-8-15(9-13(2)17(12)20-4-6-24-7-5-20)21-11-16(25-18(21)23)10-19-14(3)22/h8-9,16H,4-7,10-11H2,1-3H3,(H,19,22)/t16-/m0/s1. The van der Waals surface area contributed by atoms with Gasteiger partial charge in [-0.25, -0.2) is 4.79 Å². The first-order valence-electron chi connectivity index (χ1n) is 8.62. The number of aryl methyl sites for hydroxylation is 2. The summed E-state index contributed by atoms with van der Waals surface area (Å²) >= 11 is 0. The number of hydrogen-bond donors (Lipinski definition) is 1. The topological polar surface area (TPSA) is 71.1 Å². The van der Waals surface area contributed by atoms with Gasteiger partial charge in [-0.05, 0) is 37.1 Å². The van der Waals surface area contributed by atoms with Gasteiger partial charge in [0.05, 0.1) is 26.3 Å². The van der Waals surface area contributed by atoms with Crippen LogP contribution in [0, 0.1) is 13.8 Å². The van der Waals surface area contributed by atoms with Gasteiger partial charge in [-0.2, -0.15) is 0 Å². The molecule has 1 aromatic carbocycles. The van der Waals surface area contributed by atoms with E-state index in [0.717, 1.165) is 43.1 Å². The van der Waals surface area contributed by atoms with E-state index in [0.29, 0.717) is 13.1 Å². The van der Waals surface area contributed by atoms with Crippen LogP contribution in [0.25, 0.3) is 0 Å². The molecule has 7 nitrogen and oxygen atoms in total. The third-order valence-electron chi connectivity index (χ3n) is 4.57. The highest BCUT2D eigenvalue weighted by Crippen LogP contribution is 2.32. The van der Waals surface area contributed by atoms with Crippen molar-refractivity contribution in [3.05, 3.63) is 23.3 Å². The molecule has 0 aliphatic carbocycles. The Morgan fingerprint density at radius 1 is 1.24 bits per heavy atom. The summed E-state index contributed by atoms with van der Waals surface area (Å²) in [5.74, 6) is -0.129. The van der Waals surface area contributed by atoms with E-state index in [-0.39, 0.29) is 18.1 Å².